The molecule has 0 radical (unpaired) electrons. The fourth-order valence-electron chi connectivity index (χ4n) is 3.93. The molecule has 4 unspecified atom stereocenters. The van der Waals surface area contributed by atoms with E-state index >= 15 is 0 Å². The number of aryl methyl sites for hydroxylation is 3. The number of aliphatic hydroxyl groups excluding tert-OH is 1. The molecule has 4 nitrogen and oxygen atoms in total. The highest BCUT2D eigenvalue weighted by Crippen LogP contribution is 2.40. The van der Waals surface area contributed by atoms with Crippen LogP contribution in [-0.4, -0.2) is 28.9 Å². The summed E-state index contributed by atoms with van der Waals surface area (Å²) in [7, 11) is 0. The Morgan fingerprint density at radius 2 is 1.77 bits per heavy atom. The second-order valence-corrected chi connectivity index (χ2v) is 9.05. The molecule has 2 N–H and O–H groups in total. The molecule has 0 aliphatic heterocycles. The first-order valence-electron chi connectivity index (χ1n) is 9.50. The fourth-order valence-corrected chi connectivity index (χ4v) is 3.93. The number of hydrogen-bond donors (Lipinski definition) is 2. The van der Waals surface area contributed by atoms with E-state index in [0.717, 1.165) is 22.3 Å². The van der Waals surface area contributed by atoms with Gasteiger partial charge in [0, 0.05) is 18.4 Å². The SMILES string of the molecule is Cc1cc(C)c(C2C(=O)C(CC(=O)NC(C)C(C)(C)C)CC2O)c(C)c1. The Kier molecular flexibility index (Phi) is 5.96. The van der Waals surface area contributed by atoms with Gasteiger partial charge in [-0.1, -0.05) is 38.5 Å². The average Bonchev–Trinajstić information content (AvgIpc) is 2.72. The van der Waals surface area contributed by atoms with Crippen molar-refractivity contribution in [3.8, 4) is 0 Å². The van der Waals surface area contributed by atoms with Crippen LogP contribution in [0.2, 0.25) is 0 Å². The third kappa shape index (κ3) is 4.35. The van der Waals surface area contributed by atoms with Crippen LogP contribution in [0.5, 0.6) is 0 Å². The van der Waals surface area contributed by atoms with Crippen molar-refractivity contribution in [2.75, 3.05) is 0 Å². The monoisotopic (exact) mass is 359 g/mol. The van der Waals surface area contributed by atoms with Gasteiger partial charge in [0.1, 0.15) is 5.78 Å². The van der Waals surface area contributed by atoms with Crippen molar-refractivity contribution >= 4 is 11.7 Å². The second-order valence-electron chi connectivity index (χ2n) is 9.05. The lowest BCUT2D eigenvalue weighted by Gasteiger charge is -2.28. The van der Waals surface area contributed by atoms with Crippen molar-refractivity contribution in [3.05, 3.63) is 34.4 Å². The van der Waals surface area contributed by atoms with Crippen molar-refractivity contribution < 1.29 is 14.7 Å². The summed E-state index contributed by atoms with van der Waals surface area (Å²) in [6, 6.07) is 4.12. The highest BCUT2D eigenvalue weighted by molar-refractivity contribution is 5.94. The number of carbonyl (C=O) groups excluding carboxylic acids is 2. The van der Waals surface area contributed by atoms with Gasteiger partial charge in [-0.15, -0.1) is 0 Å². The van der Waals surface area contributed by atoms with Gasteiger partial charge in [0.05, 0.1) is 12.0 Å². The van der Waals surface area contributed by atoms with Gasteiger partial charge in [0.15, 0.2) is 0 Å². The lowest BCUT2D eigenvalue weighted by molar-refractivity contribution is -0.128. The minimum atomic E-state index is -0.722. The van der Waals surface area contributed by atoms with E-state index in [4.69, 9.17) is 0 Å². The number of amides is 1. The molecule has 1 amide bonds. The van der Waals surface area contributed by atoms with E-state index in [1.165, 1.54) is 0 Å². The molecule has 1 aliphatic rings. The minimum Gasteiger partial charge on any atom is -0.392 e. The normalized spacial score (nSPS) is 24.6. The standard InChI is InChI=1S/C22H33NO3/c1-12-8-13(2)19(14(3)9-12)20-17(24)10-16(21(20)26)11-18(25)23-15(4)22(5,6)7/h8-9,15-17,20,24H,10-11H2,1-7H3,(H,23,25). The predicted molar refractivity (Wildman–Crippen MR) is 104 cm³/mol. The predicted octanol–water partition coefficient (Wildman–Crippen LogP) is 3.59. The van der Waals surface area contributed by atoms with Crippen molar-refractivity contribution in [2.24, 2.45) is 11.3 Å². The number of benzene rings is 1. The van der Waals surface area contributed by atoms with Crippen molar-refractivity contribution in [2.45, 2.75) is 79.4 Å². The minimum absolute atomic E-state index is 0.00823. The summed E-state index contributed by atoms with van der Waals surface area (Å²) in [5, 5.41) is 13.6. The van der Waals surface area contributed by atoms with E-state index < -0.39 is 17.9 Å². The molecule has 0 spiro atoms. The van der Waals surface area contributed by atoms with Gasteiger partial charge in [-0.05, 0) is 56.2 Å². The fraction of sp³-hybridized carbons (Fsp3) is 0.636. The molecule has 1 aromatic rings. The van der Waals surface area contributed by atoms with Gasteiger partial charge in [-0.3, -0.25) is 9.59 Å². The maximum absolute atomic E-state index is 13.0. The molecule has 4 heteroatoms. The van der Waals surface area contributed by atoms with Crippen LogP contribution in [-0.2, 0) is 9.59 Å². The van der Waals surface area contributed by atoms with Crippen LogP contribution >= 0.6 is 0 Å². The first-order chi connectivity index (χ1) is 11.9. The van der Waals surface area contributed by atoms with Gasteiger partial charge < -0.3 is 10.4 Å². The number of aliphatic hydroxyl groups is 1. The van der Waals surface area contributed by atoms with E-state index in [2.05, 4.69) is 26.1 Å². The smallest absolute Gasteiger partial charge is 0.220 e. The lowest BCUT2D eigenvalue weighted by Crippen LogP contribution is -2.42. The van der Waals surface area contributed by atoms with Crippen LogP contribution in [0, 0.1) is 32.1 Å². The van der Waals surface area contributed by atoms with E-state index in [-0.39, 0.29) is 29.6 Å². The van der Waals surface area contributed by atoms with E-state index in [9.17, 15) is 14.7 Å². The molecule has 4 atom stereocenters. The summed E-state index contributed by atoms with van der Waals surface area (Å²) in [5.74, 6) is -1.06. The Hall–Kier alpha value is -1.68. The maximum Gasteiger partial charge on any atom is 0.220 e. The zero-order valence-electron chi connectivity index (χ0n) is 17.1. The van der Waals surface area contributed by atoms with Crippen LogP contribution in [0.4, 0.5) is 0 Å². The third-order valence-electron chi connectivity index (χ3n) is 5.78. The van der Waals surface area contributed by atoms with Crippen LogP contribution in [0.3, 0.4) is 0 Å². The quantitative estimate of drug-likeness (QED) is 0.863. The summed E-state index contributed by atoms with van der Waals surface area (Å²) in [6.45, 7) is 14.2. The topological polar surface area (TPSA) is 66.4 Å². The molecule has 1 fully saturated rings. The van der Waals surface area contributed by atoms with Gasteiger partial charge in [-0.25, -0.2) is 0 Å². The highest BCUT2D eigenvalue weighted by Gasteiger charge is 2.44. The van der Waals surface area contributed by atoms with Crippen LogP contribution < -0.4 is 5.32 Å². The number of Topliss-reactive ketones (excluding diaryl/α,β-unsaturated/α-hetero) is 1. The number of nitrogens with one attached hydrogen (secondary N) is 1. The Balaban J connectivity index is 2.15. The van der Waals surface area contributed by atoms with Crippen LogP contribution in [0.15, 0.2) is 12.1 Å². The number of carbonyl (C=O) groups is 2. The lowest BCUT2D eigenvalue weighted by atomic mass is 9.85. The molecule has 1 aliphatic carbocycles. The number of hydrogen-bond acceptors (Lipinski definition) is 3. The molecule has 144 valence electrons. The Labute approximate surface area is 157 Å². The zero-order valence-corrected chi connectivity index (χ0v) is 17.1. The van der Waals surface area contributed by atoms with Crippen LogP contribution in [0.25, 0.3) is 0 Å². The number of rotatable bonds is 4. The van der Waals surface area contributed by atoms with Gasteiger partial charge in [-0.2, -0.15) is 0 Å². The second kappa shape index (κ2) is 7.51. The van der Waals surface area contributed by atoms with E-state index in [1.54, 1.807) is 0 Å². The molecule has 0 bridgehead atoms. The first-order valence-corrected chi connectivity index (χ1v) is 9.50. The Morgan fingerprint density at radius 1 is 1.23 bits per heavy atom. The molecule has 2 rings (SSSR count). The maximum atomic E-state index is 13.0. The molecule has 26 heavy (non-hydrogen) atoms. The molecule has 1 saturated carbocycles. The summed E-state index contributed by atoms with van der Waals surface area (Å²) in [6.07, 6.45) is -0.217. The number of ketones is 1. The molecule has 0 heterocycles. The van der Waals surface area contributed by atoms with Crippen molar-refractivity contribution in [1.29, 1.82) is 0 Å². The Morgan fingerprint density at radius 3 is 2.27 bits per heavy atom. The summed E-state index contributed by atoms with van der Waals surface area (Å²) >= 11 is 0. The van der Waals surface area contributed by atoms with Crippen molar-refractivity contribution in [1.82, 2.24) is 5.32 Å². The third-order valence-corrected chi connectivity index (χ3v) is 5.78. The van der Waals surface area contributed by atoms with Gasteiger partial charge >= 0.3 is 0 Å². The zero-order chi connectivity index (χ0) is 19.8. The van der Waals surface area contributed by atoms with Crippen molar-refractivity contribution in [3.63, 3.8) is 0 Å². The average molecular weight is 360 g/mol. The molecular weight excluding hydrogens is 326 g/mol. The molecule has 0 saturated heterocycles. The van der Waals surface area contributed by atoms with Gasteiger partial charge in [0.25, 0.3) is 0 Å². The Bertz CT molecular complexity index is 679. The van der Waals surface area contributed by atoms with E-state index in [0.29, 0.717) is 6.42 Å². The van der Waals surface area contributed by atoms with Crippen LogP contribution in [0.1, 0.15) is 68.7 Å². The molecular formula is C22H33NO3. The largest absolute Gasteiger partial charge is 0.392 e. The first kappa shape index (κ1) is 20.6. The van der Waals surface area contributed by atoms with E-state index in [1.807, 2.05) is 39.8 Å². The summed E-state index contributed by atoms with van der Waals surface area (Å²) in [4.78, 5) is 25.4. The van der Waals surface area contributed by atoms with Gasteiger partial charge in [0.2, 0.25) is 5.91 Å². The molecule has 0 aromatic heterocycles. The molecule has 1 aromatic carbocycles. The highest BCUT2D eigenvalue weighted by atomic mass is 16.3. The summed E-state index contributed by atoms with van der Waals surface area (Å²) < 4.78 is 0. The summed E-state index contributed by atoms with van der Waals surface area (Å²) in [5.41, 5.74) is 4.11.